The maximum absolute atomic E-state index is 12.8. The Bertz CT molecular complexity index is 766. The lowest BCUT2D eigenvalue weighted by Crippen LogP contribution is -2.47. The number of hydrogen-bond donors (Lipinski definition) is 2. The number of ether oxygens (including phenoxy) is 1. The van der Waals surface area contributed by atoms with Crippen LogP contribution >= 0.6 is 0 Å². The molecule has 25 heavy (non-hydrogen) atoms. The van der Waals surface area contributed by atoms with Gasteiger partial charge < -0.3 is 15.2 Å². The van der Waals surface area contributed by atoms with Crippen LogP contribution in [0.25, 0.3) is 10.8 Å². The third-order valence-electron chi connectivity index (χ3n) is 3.76. The van der Waals surface area contributed by atoms with Crippen molar-refractivity contribution in [3.63, 3.8) is 0 Å². The van der Waals surface area contributed by atoms with Crippen LogP contribution < -0.4 is 10.1 Å². The van der Waals surface area contributed by atoms with Crippen molar-refractivity contribution in [3.8, 4) is 5.75 Å². The second-order valence-corrected chi connectivity index (χ2v) is 6.19. The van der Waals surface area contributed by atoms with E-state index in [-0.39, 0.29) is 6.61 Å². The average molecular weight is 355 g/mol. The molecule has 2 rings (SSSR count). The number of carbonyl (C=O) groups is 1. The van der Waals surface area contributed by atoms with Crippen LogP contribution in [0.2, 0.25) is 0 Å². The van der Waals surface area contributed by atoms with Gasteiger partial charge in [-0.25, -0.2) is 0 Å². The number of aliphatic hydroxyl groups is 1. The van der Waals surface area contributed by atoms with E-state index in [1.165, 1.54) is 13.8 Å². The fourth-order valence-electron chi connectivity index (χ4n) is 2.67. The largest absolute Gasteiger partial charge is 0.493 e. The number of benzene rings is 2. The summed E-state index contributed by atoms with van der Waals surface area (Å²) in [6.45, 7) is 4.71. The van der Waals surface area contributed by atoms with E-state index in [2.05, 4.69) is 0 Å². The first-order valence-corrected chi connectivity index (χ1v) is 7.80. The Labute approximate surface area is 143 Å². The molecule has 0 fully saturated rings. The molecule has 0 aliphatic carbocycles. The minimum atomic E-state index is -5.06. The Morgan fingerprint density at radius 1 is 1.20 bits per heavy atom. The van der Waals surface area contributed by atoms with Gasteiger partial charge in [-0.2, -0.15) is 13.2 Å². The van der Waals surface area contributed by atoms with Gasteiger partial charge in [0.2, 0.25) is 0 Å². The number of halogens is 3. The minimum absolute atomic E-state index is 0.289. The number of rotatable bonds is 5. The zero-order valence-electron chi connectivity index (χ0n) is 14.1. The average Bonchev–Trinajstić information content (AvgIpc) is 2.51. The molecular weight excluding hydrogens is 335 g/mol. The van der Waals surface area contributed by atoms with Gasteiger partial charge in [-0.3, -0.25) is 4.79 Å². The van der Waals surface area contributed by atoms with Gasteiger partial charge >= 0.3 is 12.1 Å². The van der Waals surface area contributed by atoms with E-state index in [0.717, 1.165) is 5.39 Å². The van der Waals surface area contributed by atoms with E-state index in [0.29, 0.717) is 16.7 Å². The van der Waals surface area contributed by atoms with Crippen molar-refractivity contribution in [3.05, 3.63) is 42.0 Å². The van der Waals surface area contributed by atoms with Crippen LogP contribution in [0, 0.1) is 0 Å². The predicted molar refractivity (Wildman–Crippen MR) is 88.4 cm³/mol. The molecule has 2 N–H and O–H groups in total. The molecule has 0 radical (unpaired) electrons. The molecule has 0 bridgehead atoms. The van der Waals surface area contributed by atoms with Gasteiger partial charge in [0.25, 0.3) is 0 Å². The monoisotopic (exact) mass is 355 g/mol. The summed E-state index contributed by atoms with van der Waals surface area (Å²) < 4.78 is 43.8. The Morgan fingerprint density at radius 3 is 2.40 bits per heavy atom. The normalized spacial score (nSPS) is 13.6. The Balaban J connectivity index is 2.67. The van der Waals surface area contributed by atoms with Crippen LogP contribution in [0.4, 0.5) is 13.2 Å². The second-order valence-electron chi connectivity index (χ2n) is 6.19. The Kier molecular flexibility index (Phi) is 5.27. The summed E-state index contributed by atoms with van der Waals surface area (Å²) in [6.07, 6.45) is -5.06. The fourth-order valence-corrected chi connectivity index (χ4v) is 2.67. The molecule has 1 atom stereocenters. The predicted octanol–water partition coefficient (Wildman–Crippen LogP) is 3.73. The highest BCUT2D eigenvalue weighted by Gasteiger charge is 2.43. The van der Waals surface area contributed by atoms with Crippen molar-refractivity contribution in [2.45, 2.75) is 38.6 Å². The highest BCUT2D eigenvalue weighted by atomic mass is 19.4. The van der Waals surface area contributed by atoms with E-state index < -0.39 is 23.7 Å². The summed E-state index contributed by atoms with van der Waals surface area (Å²) in [6, 6.07) is 9.12. The van der Waals surface area contributed by atoms with E-state index in [9.17, 15) is 23.1 Å². The number of nitrogens with one attached hydrogen (secondary N) is 1. The number of amides is 1. The molecule has 2 aromatic rings. The molecule has 0 saturated heterocycles. The quantitative estimate of drug-likeness (QED) is 0.859. The van der Waals surface area contributed by atoms with Gasteiger partial charge in [-0.1, -0.05) is 30.3 Å². The van der Waals surface area contributed by atoms with Gasteiger partial charge in [0, 0.05) is 5.56 Å². The SMILES string of the molecule is CCOc1ccc2ccccc2c1C(NC(=O)C(F)(F)F)C(C)(C)O. The fraction of sp³-hybridized carbons (Fsp3) is 0.389. The third-order valence-corrected chi connectivity index (χ3v) is 3.76. The van der Waals surface area contributed by atoms with Gasteiger partial charge in [-0.15, -0.1) is 0 Å². The number of alkyl halides is 3. The van der Waals surface area contributed by atoms with E-state index in [4.69, 9.17) is 4.74 Å². The van der Waals surface area contributed by atoms with Crippen molar-refractivity contribution in [2.75, 3.05) is 6.61 Å². The van der Waals surface area contributed by atoms with Gasteiger partial charge in [0.1, 0.15) is 5.75 Å². The van der Waals surface area contributed by atoms with Crippen molar-refractivity contribution in [1.82, 2.24) is 5.32 Å². The highest BCUT2D eigenvalue weighted by Crippen LogP contribution is 2.38. The lowest BCUT2D eigenvalue weighted by Gasteiger charge is -2.32. The van der Waals surface area contributed by atoms with Crippen LogP contribution in [0.1, 0.15) is 32.4 Å². The topological polar surface area (TPSA) is 58.6 Å². The first-order valence-electron chi connectivity index (χ1n) is 7.80. The molecule has 2 aromatic carbocycles. The van der Waals surface area contributed by atoms with Gasteiger partial charge in [0.05, 0.1) is 18.2 Å². The molecule has 136 valence electrons. The Hall–Kier alpha value is -2.28. The first-order chi connectivity index (χ1) is 11.6. The van der Waals surface area contributed by atoms with Gasteiger partial charge in [0.15, 0.2) is 0 Å². The van der Waals surface area contributed by atoms with Crippen molar-refractivity contribution in [2.24, 2.45) is 0 Å². The summed E-state index contributed by atoms with van der Waals surface area (Å²) in [7, 11) is 0. The smallest absolute Gasteiger partial charge is 0.471 e. The lowest BCUT2D eigenvalue weighted by atomic mass is 9.87. The highest BCUT2D eigenvalue weighted by molar-refractivity contribution is 5.90. The summed E-state index contributed by atoms with van der Waals surface area (Å²) in [5.74, 6) is -1.80. The molecule has 0 spiro atoms. The van der Waals surface area contributed by atoms with Crippen LogP contribution in [-0.2, 0) is 4.79 Å². The van der Waals surface area contributed by atoms with Gasteiger partial charge in [-0.05, 0) is 37.6 Å². The van der Waals surface area contributed by atoms with E-state index >= 15 is 0 Å². The zero-order valence-corrected chi connectivity index (χ0v) is 14.1. The molecular formula is C18H20F3NO3. The van der Waals surface area contributed by atoms with E-state index in [1.807, 2.05) is 5.32 Å². The van der Waals surface area contributed by atoms with Crippen molar-refractivity contribution in [1.29, 1.82) is 0 Å². The maximum Gasteiger partial charge on any atom is 0.471 e. The number of carbonyl (C=O) groups excluding carboxylic acids is 1. The molecule has 1 unspecified atom stereocenters. The molecule has 0 heterocycles. The molecule has 0 aliphatic rings. The molecule has 4 nitrogen and oxygen atoms in total. The number of fused-ring (bicyclic) bond motifs is 1. The van der Waals surface area contributed by atoms with Crippen molar-refractivity contribution < 1.29 is 27.8 Å². The first kappa shape index (κ1) is 19.1. The number of hydrogen-bond acceptors (Lipinski definition) is 3. The van der Waals surface area contributed by atoms with Crippen LogP contribution in [-0.4, -0.2) is 29.4 Å². The minimum Gasteiger partial charge on any atom is -0.493 e. The second kappa shape index (κ2) is 6.92. The summed E-state index contributed by atoms with van der Waals surface area (Å²) in [5.41, 5.74) is -1.35. The standard InChI is InChI=1S/C18H20F3NO3/c1-4-25-13-10-9-11-7-5-6-8-12(11)14(13)15(17(2,3)24)22-16(23)18(19,20)21/h5-10,15,24H,4H2,1-3H3,(H,22,23). The molecule has 0 aliphatic heterocycles. The van der Waals surface area contributed by atoms with Crippen LogP contribution in [0.3, 0.4) is 0 Å². The third kappa shape index (κ3) is 4.22. The summed E-state index contributed by atoms with van der Waals surface area (Å²) in [4.78, 5) is 11.5. The molecule has 0 aromatic heterocycles. The lowest BCUT2D eigenvalue weighted by molar-refractivity contribution is -0.176. The molecule has 1 amide bonds. The van der Waals surface area contributed by atoms with Crippen LogP contribution in [0.5, 0.6) is 5.75 Å². The zero-order chi connectivity index (χ0) is 18.8. The van der Waals surface area contributed by atoms with E-state index in [1.54, 1.807) is 43.3 Å². The molecule has 7 heteroatoms. The summed E-state index contributed by atoms with van der Waals surface area (Å²) in [5, 5.41) is 13.7. The Morgan fingerprint density at radius 2 is 1.84 bits per heavy atom. The maximum atomic E-state index is 12.8. The summed E-state index contributed by atoms with van der Waals surface area (Å²) >= 11 is 0. The van der Waals surface area contributed by atoms with Crippen LogP contribution in [0.15, 0.2) is 36.4 Å². The molecule has 0 saturated carbocycles. The van der Waals surface area contributed by atoms with Crippen molar-refractivity contribution >= 4 is 16.7 Å².